The van der Waals surface area contributed by atoms with Crippen LogP contribution in [0.2, 0.25) is 0 Å². The Balaban J connectivity index is 2.98. The zero-order valence-corrected chi connectivity index (χ0v) is 11.3. The molecular formula is C11H12Br2O. The summed E-state index contributed by atoms with van der Waals surface area (Å²) in [5.74, 6) is 0. The van der Waals surface area contributed by atoms with Gasteiger partial charge >= 0.3 is 0 Å². The molecule has 14 heavy (non-hydrogen) atoms. The number of hydrogen-bond acceptors (Lipinski definition) is 1. The SMILES string of the molecule is C/C(=C\c1ccc(Br)c(Br)c1)C(C)O. The van der Waals surface area contributed by atoms with Gasteiger partial charge in [-0.25, -0.2) is 0 Å². The quantitative estimate of drug-likeness (QED) is 0.873. The van der Waals surface area contributed by atoms with Crippen molar-refractivity contribution in [1.29, 1.82) is 0 Å². The number of halogens is 2. The molecule has 76 valence electrons. The number of hydrogen-bond donors (Lipinski definition) is 1. The first-order valence-corrected chi connectivity index (χ1v) is 5.90. The lowest BCUT2D eigenvalue weighted by Gasteiger charge is -2.04. The molecule has 1 aromatic carbocycles. The summed E-state index contributed by atoms with van der Waals surface area (Å²) in [6.07, 6.45) is 1.58. The van der Waals surface area contributed by atoms with Crippen molar-refractivity contribution in [2.24, 2.45) is 0 Å². The monoisotopic (exact) mass is 318 g/mol. The molecule has 0 radical (unpaired) electrons. The molecule has 3 heteroatoms. The number of aliphatic hydroxyl groups excluding tert-OH is 1. The van der Waals surface area contributed by atoms with Crippen LogP contribution in [0.1, 0.15) is 19.4 Å². The largest absolute Gasteiger partial charge is 0.389 e. The Hall–Kier alpha value is -0.120. The van der Waals surface area contributed by atoms with Crippen LogP contribution in [-0.4, -0.2) is 11.2 Å². The van der Waals surface area contributed by atoms with Gasteiger partial charge in [-0.3, -0.25) is 0 Å². The van der Waals surface area contributed by atoms with Gasteiger partial charge in [-0.1, -0.05) is 12.1 Å². The Morgan fingerprint density at radius 2 is 2.00 bits per heavy atom. The minimum Gasteiger partial charge on any atom is -0.389 e. The molecule has 1 nitrogen and oxygen atoms in total. The fourth-order valence-corrected chi connectivity index (χ4v) is 1.63. The van der Waals surface area contributed by atoms with E-state index in [1.165, 1.54) is 0 Å². The van der Waals surface area contributed by atoms with Gasteiger partial charge < -0.3 is 5.11 Å². The van der Waals surface area contributed by atoms with E-state index in [1.807, 2.05) is 31.2 Å². The first kappa shape index (κ1) is 12.0. The van der Waals surface area contributed by atoms with Gasteiger partial charge in [-0.15, -0.1) is 0 Å². The van der Waals surface area contributed by atoms with Gasteiger partial charge in [-0.2, -0.15) is 0 Å². The Labute approximate surface area is 101 Å². The van der Waals surface area contributed by atoms with Crippen molar-refractivity contribution in [1.82, 2.24) is 0 Å². The van der Waals surface area contributed by atoms with Crippen molar-refractivity contribution in [3.8, 4) is 0 Å². The fourth-order valence-electron chi connectivity index (χ4n) is 0.986. The van der Waals surface area contributed by atoms with Crippen molar-refractivity contribution in [3.05, 3.63) is 38.3 Å². The van der Waals surface area contributed by atoms with Crippen LogP contribution in [0.4, 0.5) is 0 Å². The summed E-state index contributed by atoms with van der Waals surface area (Å²) >= 11 is 6.84. The summed E-state index contributed by atoms with van der Waals surface area (Å²) in [4.78, 5) is 0. The lowest BCUT2D eigenvalue weighted by molar-refractivity contribution is 0.232. The molecule has 0 heterocycles. The lowest BCUT2D eigenvalue weighted by Crippen LogP contribution is -2.00. The Kier molecular flexibility index (Phi) is 4.35. The zero-order valence-electron chi connectivity index (χ0n) is 8.09. The predicted octanol–water partition coefficient (Wildman–Crippen LogP) is 4.00. The van der Waals surface area contributed by atoms with Crippen LogP contribution in [0.5, 0.6) is 0 Å². The van der Waals surface area contributed by atoms with Gasteiger partial charge in [0.1, 0.15) is 0 Å². The fraction of sp³-hybridized carbons (Fsp3) is 0.273. The van der Waals surface area contributed by atoms with Crippen molar-refractivity contribution in [3.63, 3.8) is 0 Å². The van der Waals surface area contributed by atoms with Crippen LogP contribution in [0.3, 0.4) is 0 Å². The Morgan fingerprint density at radius 1 is 1.36 bits per heavy atom. The second-order valence-electron chi connectivity index (χ2n) is 3.24. The first-order chi connectivity index (χ1) is 6.50. The average Bonchev–Trinajstić information content (AvgIpc) is 2.11. The van der Waals surface area contributed by atoms with Crippen molar-refractivity contribution in [2.75, 3.05) is 0 Å². The molecule has 1 aromatic rings. The summed E-state index contributed by atoms with van der Waals surface area (Å²) in [6, 6.07) is 5.99. The third kappa shape index (κ3) is 3.23. The predicted molar refractivity (Wildman–Crippen MR) is 67.2 cm³/mol. The maximum atomic E-state index is 9.32. The second-order valence-corrected chi connectivity index (χ2v) is 4.95. The standard InChI is InChI=1S/C11H12Br2O/c1-7(8(2)14)5-9-3-4-10(12)11(13)6-9/h3-6,8,14H,1-2H3/b7-5+. The highest BCUT2D eigenvalue weighted by molar-refractivity contribution is 9.13. The molecule has 0 aliphatic rings. The third-order valence-electron chi connectivity index (χ3n) is 2.00. The maximum Gasteiger partial charge on any atom is 0.0722 e. The molecule has 0 aromatic heterocycles. The van der Waals surface area contributed by atoms with Crippen LogP contribution < -0.4 is 0 Å². The topological polar surface area (TPSA) is 20.2 Å². The lowest BCUT2D eigenvalue weighted by atomic mass is 10.1. The van der Waals surface area contributed by atoms with E-state index in [0.29, 0.717) is 0 Å². The molecule has 0 spiro atoms. The number of benzene rings is 1. The molecule has 0 bridgehead atoms. The summed E-state index contributed by atoms with van der Waals surface area (Å²) in [6.45, 7) is 3.68. The van der Waals surface area contributed by atoms with E-state index in [2.05, 4.69) is 31.9 Å². The van der Waals surface area contributed by atoms with Gasteiger partial charge in [0, 0.05) is 8.95 Å². The summed E-state index contributed by atoms with van der Waals surface area (Å²) < 4.78 is 2.05. The average molecular weight is 320 g/mol. The van der Waals surface area contributed by atoms with E-state index >= 15 is 0 Å². The number of rotatable bonds is 2. The third-order valence-corrected chi connectivity index (χ3v) is 3.88. The molecule has 1 unspecified atom stereocenters. The van der Waals surface area contributed by atoms with Crippen molar-refractivity contribution in [2.45, 2.75) is 20.0 Å². The molecule has 0 amide bonds. The van der Waals surface area contributed by atoms with E-state index in [9.17, 15) is 5.11 Å². The highest BCUT2D eigenvalue weighted by Crippen LogP contribution is 2.24. The van der Waals surface area contributed by atoms with Crippen LogP contribution in [0.15, 0.2) is 32.7 Å². The highest BCUT2D eigenvalue weighted by atomic mass is 79.9. The van der Waals surface area contributed by atoms with Gasteiger partial charge in [0.2, 0.25) is 0 Å². The second kappa shape index (κ2) is 5.10. The Bertz CT molecular complexity index is 356. The minimum absolute atomic E-state index is 0.391. The van der Waals surface area contributed by atoms with Gasteiger partial charge in [0.05, 0.1) is 6.10 Å². The highest BCUT2D eigenvalue weighted by Gasteiger charge is 2.00. The zero-order chi connectivity index (χ0) is 10.7. The van der Waals surface area contributed by atoms with Crippen LogP contribution >= 0.6 is 31.9 Å². The smallest absolute Gasteiger partial charge is 0.0722 e. The molecule has 1 N–H and O–H groups in total. The maximum absolute atomic E-state index is 9.32. The first-order valence-electron chi connectivity index (χ1n) is 4.32. The van der Waals surface area contributed by atoms with Gasteiger partial charge in [0.25, 0.3) is 0 Å². The minimum atomic E-state index is -0.391. The molecular weight excluding hydrogens is 308 g/mol. The van der Waals surface area contributed by atoms with Crippen LogP contribution in [-0.2, 0) is 0 Å². The molecule has 0 aliphatic carbocycles. The molecule has 0 saturated heterocycles. The summed E-state index contributed by atoms with van der Waals surface area (Å²) in [5, 5.41) is 9.32. The van der Waals surface area contributed by atoms with Crippen molar-refractivity contribution < 1.29 is 5.11 Å². The number of aliphatic hydroxyl groups is 1. The molecule has 1 atom stereocenters. The van der Waals surface area contributed by atoms with E-state index in [4.69, 9.17) is 0 Å². The van der Waals surface area contributed by atoms with E-state index in [-0.39, 0.29) is 0 Å². The Morgan fingerprint density at radius 3 is 2.50 bits per heavy atom. The molecule has 0 fully saturated rings. The van der Waals surface area contributed by atoms with E-state index in [0.717, 1.165) is 20.1 Å². The van der Waals surface area contributed by atoms with Crippen molar-refractivity contribution >= 4 is 37.9 Å². The van der Waals surface area contributed by atoms with Gasteiger partial charge in [-0.05, 0) is 69.0 Å². The van der Waals surface area contributed by atoms with Crippen LogP contribution in [0, 0.1) is 0 Å². The van der Waals surface area contributed by atoms with E-state index < -0.39 is 6.10 Å². The normalized spacial score (nSPS) is 14.2. The molecule has 1 rings (SSSR count). The van der Waals surface area contributed by atoms with Crippen LogP contribution in [0.25, 0.3) is 6.08 Å². The summed E-state index contributed by atoms with van der Waals surface area (Å²) in [7, 11) is 0. The summed E-state index contributed by atoms with van der Waals surface area (Å²) in [5.41, 5.74) is 2.04. The molecule has 0 aliphatic heterocycles. The molecule has 0 saturated carbocycles. The van der Waals surface area contributed by atoms with Gasteiger partial charge in [0.15, 0.2) is 0 Å². The van der Waals surface area contributed by atoms with E-state index in [1.54, 1.807) is 6.92 Å².